The van der Waals surface area contributed by atoms with Crippen LogP contribution in [0.1, 0.15) is 17.4 Å². The third-order valence-electron chi connectivity index (χ3n) is 3.82. The molecule has 0 unspecified atom stereocenters. The van der Waals surface area contributed by atoms with E-state index in [1.54, 1.807) is 54.2 Å². The molecule has 0 radical (unpaired) electrons. The van der Waals surface area contributed by atoms with E-state index in [0.29, 0.717) is 17.1 Å². The molecule has 7 heteroatoms. The first kappa shape index (κ1) is 15.8. The number of fused-ring (bicyclic) bond motifs is 1. The van der Waals surface area contributed by atoms with Crippen LogP contribution in [0.5, 0.6) is 0 Å². The summed E-state index contributed by atoms with van der Waals surface area (Å²) in [7, 11) is 1.72. The van der Waals surface area contributed by atoms with Gasteiger partial charge in [-0.1, -0.05) is 12.1 Å². The summed E-state index contributed by atoms with van der Waals surface area (Å²) in [6.07, 6.45) is 0.709. The highest BCUT2D eigenvalue weighted by Crippen LogP contribution is 2.29. The molecule has 1 aliphatic heterocycles. The van der Waals surface area contributed by atoms with Crippen molar-refractivity contribution >= 4 is 29.2 Å². The number of benzene rings is 1. The maximum atomic E-state index is 12.7. The zero-order valence-electron chi connectivity index (χ0n) is 13.4. The van der Waals surface area contributed by atoms with Crippen molar-refractivity contribution < 1.29 is 19.1 Å². The molecule has 0 saturated carbocycles. The number of anilines is 2. The van der Waals surface area contributed by atoms with Crippen LogP contribution in [-0.4, -0.2) is 35.0 Å². The van der Waals surface area contributed by atoms with Gasteiger partial charge in [0.15, 0.2) is 6.10 Å². The van der Waals surface area contributed by atoms with E-state index in [4.69, 9.17) is 4.74 Å². The van der Waals surface area contributed by atoms with Crippen molar-refractivity contribution in [3.05, 3.63) is 48.3 Å². The van der Waals surface area contributed by atoms with Gasteiger partial charge in [-0.15, -0.1) is 0 Å². The average molecular weight is 327 g/mol. The molecule has 2 heterocycles. The highest BCUT2D eigenvalue weighted by atomic mass is 16.5. The number of carbonyl (C=O) groups is 3. The van der Waals surface area contributed by atoms with Crippen molar-refractivity contribution in [3.63, 3.8) is 0 Å². The van der Waals surface area contributed by atoms with Crippen molar-refractivity contribution in [2.24, 2.45) is 7.05 Å². The molecule has 2 amide bonds. The van der Waals surface area contributed by atoms with Gasteiger partial charge in [0, 0.05) is 13.2 Å². The van der Waals surface area contributed by atoms with E-state index in [0.717, 1.165) is 0 Å². The van der Waals surface area contributed by atoms with Crippen molar-refractivity contribution in [1.29, 1.82) is 0 Å². The Morgan fingerprint density at radius 3 is 2.67 bits per heavy atom. The Hall–Kier alpha value is -3.09. The Kier molecular flexibility index (Phi) is 4.07. The van der Waals surface area contributed by atoms with Crippen molar-refractivity contribution in [3.8, 4) is 0 Å². The molecule has 24 heavy (non-hydrogen) atoms. The molecule has 0 saturated heterocycles. The van der Waals surface area contributed by atoms with E-state index >= 15 is 0 Å². The van der Waals surface area contributed by atoms with Crippen molar-refractivity contribution in [1.82, 2.24) is 4.57 Å². The number of ether oxygens (including phenoxy) is 1. The lowest BCUT2D eigenvalue weighted by molar-refractivity contribution is -0.128. The Morgan fingerprint density at radius 1 is 1.21 bits per heavy atom. The smallest absolute Gasteiger partial charge is 0.355 e. The van der Waals surface area contributed by atoms with Crippen LogP contribution < -0.4 is 10.2 Å². The molecule has 3 rings (SSSR count). The van der Waals surface area contributed by atoms with E-state index in [9.17, 15) is 14.4 Å². The van der Waals surface area contributed by atoms with E-state index in [-0.39, 0.29) is 12.5 Å². The highest BCUT2D eigenvalue weighted by molar-refractivity contribution is 6.11. The number of aryl methyl sites for hydroxylation is 1. The summed E-state index contributed by atoms with van der Waals surface area (Å²) >= 11 is 0. The number of esters is 1. The van der Waals surface area contributed by atoms with Crippen molar-refractivity contribution in [2.75, 3.05) is 16.8 Å². The summed E-state index contributed by atoms with van der Waals surface area (Å²) in [4.78, 5) is 37.9. The number of aromatic nitrogens is 1. The van der Waals surface area contributed by atoms with Gasteiger partial charge >= 0.3 is 5.97 Å². The minimum atomic E-state index is -1.01. The standard InChI is InChI=1S/C17H17N3O4/c1-11(24-17(23)14-8-5-9-19(14)2)16(22)20-10-15(21)18-12-6-3-4-7-13(12)20/h3-9,11H,10H2,1-2H3,(H,18,21)/t11-/m1/s1. The quantitative estimate of drug-likeness (QED) is 0.868. The summed E-state index contributed by atoms with van der Waals surface area (Å²) in [5.41, 5.74) is 1.50. The zero-order valence-corrected chi connectivity index (χ0v) is 13.4. The summed E-state index contributed by atoms with van der Waals surface area (Å²) in [5, 5.41) is 2.71. The largest absolute Gasteiger partial charge is 0.448 e. The lowest BCUT2D eigenvalue weighted by Gasteiger charge is -2.30. The third kappa shape index (κ3) is 2.88. The van der Waals surface area contributed by atoms with E-state index in [1.807, 2.05) is 0 Å². The molecule has 0 fully saturated rings. The first-order valence-electron chi connectivity index (χ1n) is 7.50. The van der Waals surface area contributed by atoms with Crippen LogP contribution in [0.3, 0.4) is 0 Å². The molecule has 0 aliphatic carbocycles. The SMILES string of the molecule is C[C@@H](OC(=O)c1cccn1C)C(=O)N1CC(=O)Nc2ccccc21. The molecule has 124 valence electrons. The molecule has 1 aliphatic rings. The summed E-state index contributed by atoms with van der Waals surface area (Å²) in [6.45, 7) is 1.39. The Morgan fingerprint density at radius 2 is 1.96 bits per heavy atom. The number of rotatable bonds is 3. The molecular weight excluding hydrogens is 310 g/mol. The monoisotopic (exact) mass is 327 g/mol. The first-order chi connectivity index (χ1) is 11.5. The minimum Gasteiger partial charge on any atom is -0.448 e. The fourth-order valence-electron chi connectivity index (χ4n) is 2.59. The summed E-state index contributed by atoms with van der Waals surface area (Å²) in [6, 6.07) is 10.3. The van der Waals surface area contributed by atoms with E-state index in [1.165, 1.54) is 11.8 Å². The summed E-state index contributed by atoms with van der Waals surface area (Å²) in [5.74, 6) is -1.32. The molecular formula is C17H17N3O4. The van der Waals surface area contributed by atoms with E-state index in [2.05, 4.69) is 5.32 Å². The molecule has 0 spiro atoms. The van der Waals surface area contributed by atoms with E-state index < -0.39 is 18.0 Å². The number of carbonyl (C=O) groups excluding carboxylic acids is 3. The molecule has 2 aromatic rings. The second-order valence-corrected chi connectivity index (χ2v) is 5.54. The number of amides is 2. The average Bonchev–Trinajstić information content (AvgIpc) is 2.99. The topological polar surface area (TPSA) is 80.6 Å². The number of hydrogen-bond acceptors (Lipinski definition) is 4. The van der Waals surface area contributed by atoms with Gasteiger partial charge in [0.2, 0.25) is 5.91 Å². The third-order valence-corrected chi connectivity index (χ3v) is 3.82. The highest BCUT2D eigenvalue weighted by Gasteiger charge is 2.31. The minimum absolute atomic E-state index is 0.109. The van der Waals surface area contributed by atoms with Gasteiger partial charge in [-0.2, -0.15) is 0 Å². The lowest BCUT2D eigenvalue weighted by atomic mass is 10.1. The van der Waals surface area contributed by atoms with Crippen LogP contribution in [0.15, 0.2) is 42.6 Å². The maximum Gasteiger partial charge on any atom is 0.355 e. The lowest BCUT2D eigenvalue weighted by Crippen LogP contribution is -2.47. The van der Waals surface area contributed by atoms with Crippen LogP contribution in [0.4, 0.5) is 11.4 Å². The number of nitrogens with one attached hydrogen (secondary N) is 1. The molecule has 1 aromatic carbocycles. The molecule has 7 nitrogen and oxygen atoms in total. The Balaban J connectivity index is 1.78. The second kappa shape index (κ2) is 6.19. The molecule has 0 bridgehead atoms. The van der Waals surface area contributed by atoms with Crippen molar-refractivity contribution in [2.45, 2.75) is 13.0 Å². The van der Waals surface area contributed by atoms with Gasteiger partial charge in [-0.25, -0.2) is 4.79 Å². The number of nitrogens with zero attached hydrogens (tertiary/aromatic N) is 2. The summed E-state index contributed by atoms with van der Waals surface area (Å²) < 4.78 is 6.87. The number of para-hydroxylation sites is 2. The van der Waals surface area contributed by atoms with Gasteiger partial charge in [0.05, 0.1) is 11.4 Å². The van der Waals surface area contributed by atoms with Gasteiger partial charge < -0.3 is 14.6 Å². The van der Waals surface area contributed by atoms with Gasteiger partial charge in [0.25, 0.3) is 5.91 Å². The molecule has 1 N–H and O–H groups in total. The fraction of sp³-hybridized carbons (Fsp3) is 0.235. The van der Waals surface area contributed by atoms with Gasteiger partial charge in [-0.05, 0) is 31.2 Å². The predicted molar refractivity (Wildman–Crippen MR) is 87.7 cm³/mol. The molecule has 1 aromatic heterocycles. The zero-order chi connectivity index (χ0) is 17.3. The fourth-order valence-corrected chi connectivity index (χ4v) is 2.59. The predicted octanol–water partition coefficient (Wildman–Crippen LogP) is 1.56. The van der Waals surface area contributed by atoms with Gasteiger partial charge in [-0.3, -0.25) is 14.5 Å². The van der Waals surface area contributed by atoms with Crippen LogP contribution in [0, 0.1) is 0 Å². The van der Waals surface area contributed by atoms with Crippen LogP contribution in [-0.2, 0) is 21.4 Å². The van der Waals surface area contributed by atoms with Gasteiger partial charge in [0.1, 0.15) is 12.2 Å². The maximum absolute atomic E-state index is 12.7. The van der Waals surface area contributed by atoms with Crippen LogP contribution in [0.2, 0.25) is 0 Å². The number of hydrogen-bond donors (Lipinski definition) is 1. The van der Waals surface area contributed by atoms with Crippen LogP contribution >= 0.6 is 0 Å². The van der Waals surface area contributed by atoms with Crippen LogP contribution in [0.25, 0.3) is 0 Å². The normalized spacial score (nSPS) is 14.6. The Labute approximate surface area is 138 Å². The Bertz CT molecular complexity index is 812. The molecule has 1 atom stereocenters. The second-order valence-electron chi connectivity index (χ2n) is 5.54. The first-order valence-corrected chi connectivity index (χ1v) is 7.50.